The van der Waals surface area contributed by atoms with Crippen molar-refractivity contribution < 1.29 is 24.6 Å². The van der Waals surface area contributed by atoms with Crippen LogP contribution in [0, 0.1) is 5.92 Å². The van der Waals surface area contributed by atoms with Crippen molar-refractivity contribution in [2.75, 3.05) is 0 Å². The van der Waals surface area contributed by atoms with Gasteiger partial charge >= 0.3 is 11.9 Å². The molecule has 0 aliphatic carbocycles. The first kappa shape index (κ1) is 23.8. The van der Waals surface area contributed by atoms with E-state index in [-0.39, 0.29) is 18.4 Å². The Bertz CT molecular complexity index is 1110. The van der Waals surface area contributed by atoms with Gasteiger partial charge in [-0.25, -0.2) is 0 Å². The van der Waals surface area contributed by atoms with Crippen molar-refractivity contribution in [3.63, 3.8) is 0 Å². The van der Waals surface area contributed by atoms with E-state index in [1.807, 2.05) is 42.6 Å². The highest BCUT2D eigenvalue weighted by molar-refractivity contribution is 7.17. The van der Waals surface area contributed by atoms with Gasteiger partial charge in [0.15, 0.2) is 0 Å². The van der Waals surface area contributed by atoms with E-state index >= 15 is 0 Å². The molecule has 168 valence electrons. The third-order valence-electron chi connectivity index (χ3n) is 5.47. The number of hydrogen-bond donors (Lipinski definition) is 3. The number of carboxylic acids is 2. The topological polar surface area (TPSA) is 104 Å². The zero-order chi connectivity index (χ0) is 23.3. The van der Waals surface area contributed by atoms with Crippen molar-refractivity contribution in [3.8, 4) is 0 Å². The van der Waals surface area contributed by atoms with Crippen LogP contribution < -0.4 is 5.32 Å². The summed E-state index contributed by atoms with van der Waals surface area (Å²) in [5.41, 5.74) is 2.11. The molecule has 0 fully saturated rings. The van der Waals surface area contributed by atoms with E-state index in [2.05, 4.69) is 23.5 Å². The molecule has 0 spiro atoms. The maximum Gasteiger partial charge on any atom is 0.307 e. The Morgan fingerprint density at radius 1 is 1.03 bits per heavy atom. The van der Waals surface area contributed by atoms with E-state index in [0.717, 1.165) is 16.5 Å². The van der Waals surface area contributed by atoms with Gasteiger partial charge in [-0.1, -0.05) is 29.8 Å². The van der Waals surface area contributed by atoms with Gasteiger partial charge in [0.1, 0.15) is 0 Å². The summed E-state index contributed by atoms with van der Waals surface area (Å²) in [6, 6.07) is 15.5. The van der Waals surface area contributed by atoms with Crippen molar-refractivity contribution in [1.82, 2.24) is 5.32 Å². The Kier molecular flexibility index (Phi) is 7.88. The van der Waals surface area contributed by atoms with E-state index in [0.29, 0.717) is 11.4 Å². The van der Waals surface area contributed by atoms with Crippen LogP contribution in [-0.4, -0.2) is 34.1 Å². The van der Waals surface area contributed by atoms with Crippen molar-refractivity contribution >= 4 is 50.9 Å². The lowest BCUT2D eigenvalue weighted by molar-refractivity contribution is -0.149. The molecule has 3 rings (SSSR count). The average Bonchev–Trinajstić information content (AvgIpc) is 3.20. The number of benzene rings is 2. The summed E-state index contributed by atoms with van der Waals surface area (Å²) >= 11 is 7.67. The minimum absolute atomic E-state index is 0.0767. The maximum absolute atomic E-state index is 12.6. The number of carboxylic acid groups (broad SMARTS) is 2. The second-order valence-electron chi connectivity index (χ2n) is 7.85. The Balaban J connectivity index is 1.81. The molecule has 0 bridgehead atoms. The zero-order valence-corrected chi connectivity index (χ0v) is 19.0. The lowest BCUT2D eigenvalue weighted by Gasteiger charge is -2.26. The SMILES string of the molecule is CC(NC(=O)CC(CC(=O)O)C(=O)O)C(Cc1ccc(Cl)cc1)c1ccc2sccc2c1. The first-order chi connectivity index (χ1) is 15.2. The summed E-state index contributed by atoms with van der Waals surface area (Å²) < 4.78 is 1.17. The smallest absolute Gasteiger partial charge is 0.307 e. The molecule has 3 unspecified atom stereocenters. The molecule has 0 aliphatic heterocycles. The number of carbonyl (C=O) groups is 3. The summed E-state index contributed by atoms with van der Waals surface area (Å²) in [5, 5.41) is 24.8. The summed E-state index contributed by atoms with van der Waals surface area (Å²) in [7, 11) is 0. The predicted octanol–water partition coefficient (Wildman–Crippen LogP) is 4.95. The first-order valence-corrected chi connectivity index (χ1v) is 11.4. The Hall–Kier alpha value is -2.90. The Morgan fingerprint density at radius 3 is 2.41 bits per heavy atom. The highest BCUT2D eigenvalue weighted by Crippen LogP contribution is 2.30. The highest BCUT2D eigenvalue weighted by atomic mass is 35.5. The molecule has 6 nitrogen and oxygen atoms in total. The minimum Gasteiger partial charge on any atom is -0.481 e. The average molecular weight is 474 g/mol. The normalized spacial score (nSPS) is 13.9. The molecule has 8 heteroatoms. The van der Waals surface area contributed by atoms with Crippen molar-refractivity contribution in [3.05, 3.63) is 70.1 Å². The summed E-state index contributed by atoms with van der Waals surface area (Å²) in [6.07, 6.45) is -0.338. The van der Waals surface area contributed by atoms with Crippen LogP contribution >= 0.6 is 22.9 Å². The van der Waals surface area contributed by atoms with Crippen molar-refractivity contribution in [1.29, 1.82) is 0 Å². The predicted molar refractivity (Wildman–Crippen MR) is 125 cm³/mol. The number of fused-ring (bicyclic) bond motifs is 1. The summed E-state index contributed by atoms with van der Waals surface area (Å²) in [5.74, 6) is -4.37. The molecule has 3 N–H and O–H groups in total. The van der Waals surface area contributed by atoms with Crippen LogP contribution in [0.1, 0.15) is 36.8 Å². The van der Waals surface area contributed by atoms with Crippen LogP contribution in [0.3, 0.4) is 0 Å². The third-order valence-corrected chi connectivity index (χ3v) is 6.62. The standard InChI is InChI=1S/C24H24ClNO5S/c1-14(26-22(27)12-18(24(30)31)13-23(28)29)20(10-15-2-5-19(25)6-3-15)16-4-7-21-17(11-16)8-9-32-21/h2-9,11,14,18,20H,10,12-13H2,1H3,(H,26,27)(H,28,29)(H,30,31). The monoisotopic (exact) mass is 473 g/mol. The Morgan fingerprint density at radius 2 is 1.75 bits per heavy atom. The quantitative estimate of drug-likeness (QED) is 0.386. The molecule has 0 saturated carbocycles. The van der Waals surface area contributed by atoms with Crippen LogP contribution in [-0.2, 0) is 20.8 Å². The fraction of sp³-hybridized carbons (Fsp3) is 0.292. The second kappa shape index (κ2) is 10.6. The molecule has 0 saturated heterocycles. The van der Waals surface area contributed by atoms with E-state index in [9.17, 15) is 19.5 Å². The van der Waals surface area contributed by atoms with Gasteiger partial charge < -0.3 is 15.5 Å². The zero-order valence-electron chi connectivity index (χ0n) is 17.5. The van der Waals surface area contributed by atoms with E-state index in [4.69, 9.17) is 16.7 Å². The minimum atomic E-state index is -1.30. The van der Waals surface area contributed by atoms with E-state index in [1.54, 1.807) is 11.3 Å². The van der Waals surface area contributed by atoms with Gasteiger partial charge in [0.2, 0.25) is 5.91 Å². The third kappa shape index (κ3) is 6.31. The van der Waals surface area contributed by atoms with Crippen LogP contribution in [0.5, 0.6) is 0 Å². The van der Waals surface area contributed by atoms with Crippen molar-refractivity contribution in [2.45, 2.75) is 38.1 Å². The molecular formula is C24H24ClNO5S. The first-order valence-electron chi connectivity index (χ1n) is 10.2. The van der Waals surface area contributed by atoms with Gasteiger partial charge in [0.05, 0.1) is 12.3 Å². The Labute approximate surface area is 194 Å². The highest BCUT2D eigenvalue weighted by Gasteiger charge is 2.27. The number of aliphatic carboxylic acids is 2. The van der Waals surface area contributed by atoms with Crippen LogP contribution in [0.15, 0.2) is 53.9 Å². The van der Waals surface area contributed by atoms with Gasteiger partial charge in [0.25, 0.3) is 0 Å². The number of amides is 1. The van der Waals surface area contributed by atoms with Gasteiger partial charge in [0, 0.05) is 28.1 Å². The molecule has 32 heavy (non-hydrogen) atoms. The number of nitrogens with one attached hydrogen (secondary N) is 1. The van der Waals surface area contributed by atoms with Crippen LogP contribution in [0.25, 0.3) is 10.1 Å². The molecule has 0 radical (unpaired) electrons. The largest absolute Gasteiger partial charge is 0.481 e. The molecule has 3 aromatic rings. The van der Waals surface area contributed by atoms with Gasteiger partial charge in [-0.2, -0.15) is 0 Å². The van der Waals surface area contributed by atoms with E-state index in [1.165, 1.54) is 4.70 Å². The lowest BCUT2D eigenvalue weighted by atomic mass is 9.86. The van der Waals surface area contributed by atoms with Gasteiger partial charge in [-0.3, -0.25) is 14.4 Å². The molecule has 0 aliphatic rings. The van der Waals surface area contributed by atoms with Crippen LogP contribution in [0.4, 0.5) is 0 Å². The second-order valence-corrected chi connectivity index (χ2v) is 9.23. The number of rotatable bonds is 10. The molecule has 1 heterocycles. The lowest BCUT2D eigenvalue weighted by Crippen LogP contribution is -2.39. The summed E-state index contributed by atoms with van der Waals surface area (Å²) in [6.45, 7) is 1.88. The molecule has 2 aromatic carbocycles. The summed E-state index contributed by atoms with van der Waals surface area (Å²) in [4.78, 5) is 34.8. The molecule has 1 amide bonds. The van der Waals surface area contributed by atoms with Gasteiger partial charge in [-0.05, 0) is 65.6 Å². The van der Waals surface area contributed by atoms with Crippen LogP contribution in [0.2, 0.25) is 5.02 Å². The molecule has 3 atom stereocenters. The fourth-order valence-corrected chi connectivity index (χ4v) is 4.67. The number of thiophene rings is 1. The maximum atomic E-state index is 12.6. The number of carbonyl (C=O) groups excluding carboxylic acids is 1. The van der Waals surface area contributed by atoms with Crippen molar-refractivity contribution in [2.24, 2.45) is 5.92 Å². The molecular weight excluding hydrogens is 450 g/mol. The fourth-order valence-electron chi connectivity index (χ4n) is 3.77. The number of halogens is 1. The van der Waals surface area contributed by atoms with Gasteiger partial charge in [-0.15, -0.1) is 11.3 Å². The number of hydrogen-bond acceptors (Lipinski definition) is 4. The molecule has 1 aromatic heterocycles. The van der Waals surface area contributed by atoms with E-state index < -0.39 is 30.2 Å².